The lowest BCUT2D eigenvalue weighted by Crippen LogP contribution is -2.51. The Morgan fingerprint density at radius 3 is 2.48 bits per heavy atom. The smallest absolute Gasteiger partial charge is 0.258 e. The van der Waals surface area contributed by atoms with Crippen molar-refractivity contribution in [3.05, 3.63) is 52.3 Å². The summed E-state index contributed by atoms with van der Waals surface area (Å²) in [6.07, 6.45) is 0.923. The van der Waals surface area contributed by atoms with Crippen molar-refractivity contribution in [3.8, 4) is 0 Å². The second-order valence-electron chi connectivity index (χ2n) is 7.31. The van der Waals surface area contributed by atoms with Crippen LogP contribution in [0.15, 0.2) is 30.3 Å². The summed E-state index contributed by atoms with van der Waals surface area (Å²) in [5, 5.41) is 7.74. The number of piperazine rings is 1. The Balaban J connectivity index is 1.60. The summed E-state index contributed by atoms with van der Waals surface area (Å²) in [6.45, 7) is 7.90. The zero-order valence-electron chi connectivity index (χ0n) is 17.0. The van der Waals surface area contributed by atoms with Crippen molar-refractivity contribution < 1.29 is 9.59 Å². The Morgan fingerprint density at radius 1 is 1.14 bits per heavy atom. The van der Waals surface area contributed by atoms with Crippen molar-refractivity contribution in [2.45, 2.75) is 26.8 Å². The lowest BCUT2D eigenvalue weighted by atomic mass is 10.2. The molecule has 1 aromatic heterocycles. The number of hydrogen-bond donors (Lipinski definition) is 1. The van der Waals surface area contributed by atoms with Crippen molar-refractivity contribution in [1.29, 1.82) is 0 Å². The molecule has 0 aliphatic carbocycles. The Labute approximate surface area is 176 Å². The molecule has 7 nitrogen and oxygen atoms in total. The molecular formula is C21H28ClN5O2. The van der Waals surface area contributed by atoms with Crippen LogP contribution in [0, 0.1) is 6.92 Å². The molecule has 0 atom stereocenters. The molecule has 8 heteroatoms. The molecule has 0 saturated carbocycles. The molecule has 2 heterocycles. The van der Waals surface area contributed by atoms with Gasteiger partial charge in [0.05, 0.1) is 24.3 Å². The number of hydrogen-bond acceptors (Lipinski definition) is 4. The maximum atomic E-state index is 13.1. The largest absolute Gasteiger partial charge is 0.355 e. The quantitative estimate of drug-likeness (QED) is 0.749. The third-order valence-corrected chi connectivity index (χ3v) is 5.44. The van der Waals surface area contributed by atoms with Gasteiger partial charge in [0, 0.05) is 32.7 Å². The molecule has 3 rings (SSSR count). The highest BCUT2D eigenvalue weighted by Crippen LogP contribution is 2.23. The van der Waals surface area contributed by atoms with E-state index in [9.17, 15) is 9.59 Å². The molecule has 0 bridgehead atoms. The molecule has 1 saturated heterocycles. The summed E-state index contributed by atoms with van der Waals surface area (Å²) < 4.78 is 1.67. The summed E-state index contributed by atoms with van der Waals surface area (Å²) in [7, 11) is 0. The van der Waals surface area contributed by atoms with Crippen LogP contribution in [0.2, 0.25) is 5.15 Å². The van der Waals surface area contributed by atoms with Crippen LogP contribution in [0.1, 0.15) is 35.0 Å². The Kier molecular flexibility index (Phi) is 7.28. The van der Waals surface area contributed by atoms with Gasteiger partial charge in [0.1, 0.15) is 5.15 Å². The molecule has 0 unspecified atom stereocenters. The molecule has 1 fully saturated rings. The van der Waals surface area contributed by atoms with Gasteiger partial charge in [-0.1, -0.05) is 48.9 Å². The number of rotatable bonds is 7. The highest BCUT2D eigenvalue weighted by atomic mass is 35.5. The Morgan fingerprint density at radius 2 is 1.83 bits per heavy atom. The van der Waals surface area contributed by atoms with Gasteiger partial charge < -0.3 is 10.2 Å². The second-order valence-corrected chi connectivity index (χ2v) is 7.67. The van der Waals surface area contributed by atoms with E-state index in [1.165, 1.54) is 0 Å². The zero-order chi connectivity index (χ0) is 20.8. The average molecular weight is 418 g/mol. The fraction of sp³-hybridized carbons (Fsp3) is 0.476. The predicted octanol–water partition coefficient (Wildman–Crippen LogP) is 2.18. The molecular weight excluding hydrogens is 390 g/mol. The van der Waals surface area contributed by atoms with E-state index in [0.29, 0.717) is 62.2 Å². The molecule has 29 heavy (non-hydrogen) atoms. The minimum absolute atomic E-state index is 0.0349. The third-order valence-electron chi connectivity index (χ3n) is 5.05. The summed E-state index contributed by atoms with van der Waals surface area (Å²) in [6, 6.07) is 9.90. The first-order valence-corrected chi connectivity index (χ1v) is 10.4. The third kappa shape index (κ3) is 5.36. The Bertz CT molecular complexity index is 844. The van der Waals surface area contributed by atoms with Crippen LogP contribution >= 0.6 is 11.6 Å². The van der Waals surface area contributed by atoms with Crippen LogP contribution in [0.5, 0.6) is 0 Å². The van der Waals surface area contributed by atoms with Crippen LogP contribution in [0.25, 0.3) is 0 Å². The number of halogens is 1. The van der Waals surface area contributed by atoms with Crippen LogP contribution in [0.4, 0.5) is 0 Å². The van der Waals surface area contributed by atoms with Crippen molar-refractivity contribution in [2.75, 3.05) is 39.3 Å². The summed E-state index contributed by atoms with van der Waals surface area (Å²) >= 11 is 6.53. The predicted molar refractivity (Wildman–Crippen MR) is 113 cm³/mol. The molecule has 2 amide bonds. The van der Waals surface area contributed by atoms with Crippen LogP contribution < -0.4 is 5.32 Å². The van der Waals surface area contributed by atoms with Crippen LogP contribution in [-0.4, -0.2) is 70.7 Å². The van der Waals surface area contributed by atoms with E-state index in [-0.39, 0.29) is 11.8 Å². The van der Waals surface area contributed by atoms with Crippen molar-refractivity contribution >= 4 is 23.4 Å². The first kappa shape index (κ1) is 21.3. The van der Waals surface area contributed by atoms with Crippen molar-refractivity contribution in [1.82, 2.24) is 24.9 Å². The highest BCUT2D eigenvalue weighted by Gasteiger charge is 2.28. The van der Waals surface area contributed by atoms with Gasteiger partial charge in [0.15, 0.2) is 0 Å². The SMILES string of the molecule is CCCNC(=O)CN1CCN(C(=O)c2c(C)nn(Cc3ccccc3)c2Cl)CC1. The lowest BCUT2D eigenvalue weighted by Gasteiger charge is -2.34. The van der Waals surface area contributed by atoms with Crippen molar-refractivity contribution in [3.63, 3.8) is 0 Å². The van der Waals surface area contributed by atoms with Gasteiger partial charge in [-0.25, -0.2) is 4.68 Å². The van der Waals surface area contributed by atoms with E-state index in [2.05, 4.69) is 15.3 Å². The van der Waals surface area contributed by atoms with Crippen LogP contribution in [-0.2, 0) is 11.3 Å². The van der Waals surface area contributed by atoms with E-state index >= 15 is 0 Å². The number of benzene rings is 1. The molecule has 1 N–H and O–H groups in total. The van der Waals surface area contributed by atoms with E-state index in [4.69, 9.17) is 11.6 Å². The summed E-state index contributed by atoms with van der Waals surface area (Å²) in [5.74, 6) is -0.0606. The number of nitrogens with one attached hydrogen (secondary N) is 1. The second kappa shape index (κ2) is 9.89. The fourth-order valence-corrected chi connectivity index (χ4v) is 3.76. The first-order chi connectivity index (χ1) is 14.0. The number of aryl methyl sites for hydroxylation is 1. The summed E-state index contributed by atoms with van der Waals surface area (Å²) in [5.41, 5.74) is 2.18. The zero-order valence-corrected chi connectivity index (χ0v) is 17.8. The molecule has 1 aliphatic heterocycles. The normalized spacial score (nSPS) is 14.8. The van der Waals surface area contributed by atoms with Gasteiger partial charge in [0.25, 0.3) is 5.91 Å². The molecule has 1 aromatic carbocycles. The van der Waals surface area contributed by atoms with Gasteiger partial charge in [-0.05, 0) is 18.9 Å². The van der Waals surface area contributed by atoms with Crippen LogP contribution in [0.3, 0.4) is 0 Å². The Hall–Kier alpha value is -2.38. The standard InChI is InChI=1S/C21H28ClN5O2/c1-3-9-23-18(28)15-25-10-12-26(13-11-25)21(29)19-16(2)24-27(20(19)22)14-17-7-5-4-6-8-17/h4-8H,3,9-15H2,1-2H3,(H,23,28). The topological polar surface area (TPSA) is 70.5 Å². The molecule has 0 radical (unpaired) electrons. The number of nitrogens with zero attached hydrogens (tertiary/aromatic N) is 4. The molecule has 1 aliphatic rings. The number of aromatic nitrogens is 2. The van der Waals surface area contributed by atoms with Gasteiger partial charge in [-0.15, -0.1) is 0 Å². The van der Waals surface area contributed by atoms with E-state index in [1.54, 1.807) is 9.58 Å². The lowest BCUT2D eigenvalue weighted by molar-refractivity contribution is -0.122. The van der Waals surface area contributed by atoms with E-state index in [1.807, 2.05) is 44.2 Å². The highest BCUT2D eigenvalue weighted by molar-refractivity contribution is 6.33. The molecule has 0 spiro atoms. The van der Waals surface area contributed by atoms with Gasteiger partial charge in [0.2, 0.25) is 5.91 Å². The van der Waals surface area contributed by atoms with Gasteiger partial charge in [-0.3, -0.25) is 14.5 Å². The fourth-order valence-electron chi connectivity index (χ4n) is 3.45. The molecule has 2 aromatic rings. The minimum Gasteiger partial charge on any atom is -0.355 e. The van der Waals surface area contributed by atoms with Gasteiger partial charge in [-0.2, -0.15) is 5.10 Å². The maximum absolute atomic E-state index is 13.1. The first-order valence-electron chi connectivity index (χ1n) is 10.0. The monoisotopic (exact) mass is 417 g/mol. The average Bonchev–Trinajstić information content (AvgIpc) is 3.00. The number of carbonyl (C=O) groups excluding carboxylic acids is 2. The van der Waals surface area contributed by atoms with Gasteiger partial charge >= 0.3 is 0 Å². The number of amides is 2. The molecule has 156 valence electrons. The van der Waals surface area contributed by atoms with Crippen molar-refractivity contribution in [2.24, 2.45) is 0 Å². The maximum Gasteiger partial charge on any atom is 0.258 e. The van der Waals surface area contributed by atoms with E-state index in [0.717, 1.165) is 12.0 Å². The van der Waals surface area contributed by atoms with E-state index < -0.39 is 0 Å². The summed E-state index contributed by atoms with van der Waals surface area (Å²) in [4.78, 5) is 28.8. The number of carbonyl (C=O) groups is 2. The minimum atomic E-state index is -0.0955.